The smallest absolute Gasteiger partial charge is 0.171 e. The molecular weight excluding hydrogens is 228 g/mol. The molecule has 3 heteroatoms. The monoisotopic (exact) mass is 248 g/mol. The summed E-state index contributed by atoms with van der Waals surface area (Å²) in [4.78, 5) is 12.5. The van der Waals surface area contributed by atoms with Crippen molar-refractivity contribution in [2.24, 2.45) is 5.92 Å². The Morgan fingerprint density at radius 2 is 1.83 bits per heavy atom. The second kappa shape index (κ2) is 5.89. The summed E-state index contributed by atoms with van der Waals surface area (Å²) in [5, 5.41) is 0. The molecule has 0 spiro atoms. The number of hydrogen-bond donors (Lipinski definition) is 0. The zero-order valence-corrected chi connectivity index (χ0v) is 11.1. The Labute approximate surface area is 108 Å². The van der Waals surface area contributed by atoms with Gasteiger partial charge in [-0.15, -0.1) is 0 Å². The van der Waals surface area contributed by atoms with Crippen molar-refractivity contribution in [3.8, 4) is 11.5 Å². The Bertz CT molecular complexity index is 420. The van der Waals surface area contributed by atoms with E-state index >= 15 is 0 Å². The van der Waals surface area contributed by atoms with Crippen LogP contribution in [0.4, 0.5) is 0 Å². The summed E-state index contributed by atoms with van der Waals surface area (Å²) in [5.41, 5.74) is 0.656. The fraction of sp³-hybridized carbons (Fsp3) is 0.533. The SMILES string of the molecule is COc1cccc(C(=O)C2CCCCC2)c1OC. The van der Waals surface area contributed by atoms with Crippen LogP contribution in [-0.2, 0) is 0 Å². The fourth-order valence-corrected chi connectivity index (χ4v) is 2.67. The van der Waals surface area contributed by atoms with E-state index in [9.17, 15) is 4.79 Å². The first-order chi connectivity index (χ1) is 8.77. The van der Waals surface area contributed by atoms with Crippen LogP contribution in [0.25, 0.3) is 0 Å². The Morgan fingerprint density at radius 1 is 1.11 bits per heavy atom. The maximum absolute atomic E-state index is 12.5. The Balaban J connectivity index is 2.28. The van der Waals surface area contributed by atoms with Crippen LogP contribution < -0.4 is 9.47 Å². The standard InChI is InChI=1S/C15H20O3/c1-17-13-10-6-9-12(15(13)18-2)14(16)11-7-4-3-5-8-11/h6,9-11H,3-5,7-8H2,1-2H3. The second-order valence-electron chi connectivity index (χ2n) is 4.74. The lowest BCUT2D eigenvalue weighted by molar-refractivity contribution is 0.0885. The topological polar surface area (TPSA) is 35.5 Å². The van der Waals surface area contributed by atoms with Gasteiger partial charge in [0.05, 0.1) is 19.8 Å². The zero-order valence-electron chi connectivity index (χ0n) is 11.1. The predicted molar refractivity (Wildman–Crippen MR) is 70.5 cm³/mol. The lowest BCUT2D eigenvalue weighted by atomic mass is 9.83. The number of ether oxygens (including phenoxy) is 2. The summed E-state index contributed by atoms with van der Waals surface area (Å²) in [5.74, 6) is 1.54. The first-order valence-corrected chi connectivity index (χ1v) is 6.53. The molecular formula is C15H20O3. The van der Waals surface area contributed by atoms with E-state index in [0.29, 0.717) is 17.1 Å². The highest BCUT2D eigenvalue weighted by Crippen LogP contribution is 2.35. The molecule has 1 aromatic rings. The average Bonchev–Trinajstić information content (AvgIpc) is 2.46. The number of methoxy groups -OCH3 is 2. The largest absolute Gasteiger partial charge is 0.493 e. The van der Waals surface area contributed by atoms with E-state index in [1.54, 1.807) is 14.2 Å². The third kappa shape index (κ3) is 2.50. The van der Waals surface area contributed by atoms with Crippen LogP contribution >= 0.6 is 0 Å². The molecule has 0 amide bonds. The van der Waals surface area contributed by atoms with E-state index in [0.717, 1.165) is 25.7 Å². The van der Waals surface area contributed by atoms with Gasteiger partial charge in [0.15, 0.2) is 17.3 Å². The minimum Gasteiger partial charge on any atom is -0.493 e. The maximum atomic E-state index is 12.5. The van der Waals surface area contributed by atoms with E-state index in [1.165, 1.54) is 6.42 Å². The van der Waals surface area contributed by atoms with Crippen LogP contribution in [0.2, 0.25) is 0 Å². The van der Waals surface area contributed by atoms with Gasteiger partial charge < -0.3 is 9.47 Å². The number of carbonyl (C=O) groups excluding carboxylic acids is 1. The maximum Gasteiger partial charge on any atom is 0.171 e. The van der Waals surface area contributed by atoms with Gasteiger partial charge in [-0.1, -0.05) is 25.3 Å². The molecule has 1 fully saturated rings. The molecule has 3 nitrogen and oxygen atoms in total. The number of rotatable bonds is 4. The minimum absolute atomic E-state index is 0.153. The quantitative estimate of drug-likeness (QED) is 0.765. The number of Topliss-reactive ketones (excluding diaryl/α,β-unsaturated/α-hetero) is 1. The molecule has 1 aliphatic carbocycles. The molecule has 0 bridgehead atoms. The molecule has 1 aromatic carbocycles. The summed E-state index contributed by atoms with van der Waals surface area (Å²) in [6.07, 6.45) is 5.56. The van der Waals surface area contributed by atoms with Crippen LogP contribution in [0, 0.1) is 5.92 Å². The molecule has 0 saturated heterocycles. The van der Waals surface area contributed by atoms with Gasteiger partial charge in [-0.2, -0.15) is 0 Å². The number of ketones is 1. The van der Waals surface area contributed by atoms with Crippen LogP contribution in [0.5, 0.6) is 11.5 Å². The molecule has 18 heavy (non-hydrogen) atoms. The van der Waals surface area contributed by atoms with Gasteiger partial charge in [-0.25, -0.2) is 0 Å². The summed E-state index contributed by atoms with van der Waals surface area (Å²) in [6.45, 7) is 0. The van der Waals surface area contributed by atoms with Crippen molar-refractivity contribution in [1.82, 2.24) is 0 Å². The number of para-hydroxylation sites is 1. The molecule has 0 radical (unpaired) electrons. The van der Waals surface area contributed by atoms with E-state index in [1.807, 2.05) is 18.2 Å². The first-order valence-electron chi connectivity index (χ1n) is 6.53. The predicted octanol–water partition coefficient (Wildman–Crippen LogP) is 3.47. The summed E-state index contributed by atoms with van der Waals surface area (Å²) >= 11 is 0. The molecule has 0 atom stereocenters. The molecule has 0 aliphatic heterocycles. The Kier molecular flexibility index (Phi) is 4.24. The number of carbonyl (C=O) groups is 1. The van der Waals surface area contributed by atoms with E-state index in [4.69, 9.17) is 9.47 Å². The third-order valence-corrected chi connectivity index (χ3v) is 3.64. The van der Waals surface area contributed by atoms with Gasteiger partial charge in [0.25, 0.3) is 0 Å². The molecule has 1 aliphatic rings. The summed E-state index contributed by atoms with van der Waals surface area (Å²) < 4.78 is 10.6. The van der Waals surface area contributed by atoms with Crippen LogP contribution in [0.3, 0.4) is 0 Å². The molecule has 98 valence electrons. The van der Waals surface area contributed by atoms with Crippen LogP contribution in [0.15, 0.2) is 18.2 Å². The fourth-order valence-electron chi connectivity index (χ4n) is 2.67. The van der Waals surface area contributed by atoms with Gasteiger partial charge in [0.1, 0.15) is 0 Å². The molecule has 0 heterocycles. The van der Waals surface area contributed by atoms with Crippen LogP contribution in [0.1, 0.15) is 42.5 Å². The first kappa shape index (κ1) is 12.9. The summed E-state index contributed by atoms with van der Waals surface area (Å²) in [6, 6.07) is 5.49. The van der Waals surface area contributed by atoms with Gasteiger partial charge in [0.2, 0.25) is 0 Å². The van der Waals surface area contributed by atoms with Crippen molar-refractivity contribution in [3.05, 3.63) is 23.8 Å². The van der Waals surface area contributed by atoms with Crippen molar-refractivity contribution in [3.63, 3.8) is 0 Å². The van der Waals surface area contributed by atoms with Crippen LogP contribution in [-0.4, -0.2) is 20.0 Å². The highest BCUT2D eigenvalue weighted by molar-refractivity contribution is 6.01. The highest BCUT2D eigenvalue weighted by Gasteiger charge is 2.25. The molecule has 0 N–H and O–H groups in total. The molecule has 2 rings (SSSR count). The van der Waals surface area contributed by atoms with Gasteiger partial charge in [-0.05, 0) is 25.0 Å². The van der Waals surface area contributed by atoms with Crippen molar-refractivity contribution in [1.29, 1.82) is 0 Å². The van der Waals surface area contributed by atoms with Gasteiger partial charge in [-0.3, -0.25) is 4.79 Å². The van der Waals surface area contributed by atoms with Crippen molar-refractivity contribution >= 4 is 5.78 Å². The van der Waals surface area contributed by atoms with Crippen molar-refractivity contribution in [2.75, 3.05) is 14.2 Å². The third-order valence-electron chi connectivity index (χ3n) is 3.64. The summed E-state index contributed by atoms with van der Waals surface area (Å²) in [7, 11) is 3.17. The van der Waals surface area contributed by atoms with E-state index in [-0.39, 0.29) is 11.7 Å². The highest BCUT2D eigenvalue weighted by atomic mass is 16.5. The van der Waals surface area contributed by atoms with Gasteiger partial charge >= 0.3 is 0 Å². The second-order valence-corrected chi connectivity index (χ2v) is 4.74. The van der Waals surface area contributed by atoms with Crippen molar-refractivity contribution in [2.45, 2.75) is 32.1 Å². The van der Waals surface area contributed by atoms with Gasteiger partial charge in [0, 0.05) is 5.92 Å². The Hall–Kier alpha value is -1.51. The molecule has 0 unspecified atom stereocenters. The molecule has 1 saturated carbocycles. The molecule has 0 aromatic heterocycles. The van der Waals surface area contributed by atoms with E-state index in [2.05, 4.69) is 0 Å². The lowest BCUT2D eigenvalue weighted by Crippen LogP contribution is -2.18. The Morgan fingerprint density at radius 3 is 2.44 bits per heavy atom. The van der Waals surface area contributed by atoms with Crippen molar-refractivity contribution < 1.29 is 14.3 Å². The lowest BCUT2D eigenvalue weighted by Gasteiger charge is -2.21. The number of benzene rings is 1. The zero-order chi connectivity index (χ0) is 13.0. The minimum atomic E-state index is 0.153. The number of hydrogen-bond acceptors (Lipinski definition) is 3. The average molecular weight is 248 g/mol. The van der Waals surface area contributed by atoms with E-state index < -0.39 is 0 Å². The normalized spacial score (nSPS) is 16.3.